The van der Waals surface area contributed by atoms with Gasteiger partial charge in [0, 0.05) is 13.0 Å². The maximum Gasteiger partial charge on any atom is 0.414 e. The van der Waals surface area contributed by atoms with E-state index < -0.39 is 45.2 Å². The van der Waals surface area contributed by atoms with Gasteiger partial charge in [-0.3, -0.25) is 14.5 Å². The van der Waals surface area contributed by atoms with Gasteiger partial charge >= 0.3 is 15.2 Å². The van der Waals surface area contributed by atoms with Crippen molar-refractivity contribution in [3.63, 3.8) is 0 Å². The highest BCUT2D eigenvalue weighted by atomic mass is 31.2. The molecular weight excluding hydrogens is 725 g/mol. The lowest BCUT2D eigenvalue weighted by Gasteiger charge is -2.47. The van der Waals surface area contributed by atoms with E-state index in [1.165, 1.54) is 4.90 Å². The van der Waals surface area contributed by atoms with E-state index in [0.717, 1.165) is 0 Å². The van der Waals surface area contributed by atoms with Crippen LogP contribution in [0.4, 0.5) is 0 Å². The van der Waals surface area contributed by atoms with Crippen molar-refractivity contribution in [3.8, 4) is 11.5 Å². The van der Waals surface area contributed by atoms with Crippen molar-refractivity contribution in [2.45, 2.75) is 89.7 Å². The maximum absolute atomic E-state index is 16.0. The fourth-order valence-corrected chi connectivity index (χ4v) is 20.6. The van der Waals surface area contributed by atoms with Gasteiger partial charge in [0.05, 0.1) is 11.1 Å². The van der Waals surface area contributed by atoms with Crippen LogP contribution in [0.1, 0.15) is 46.4 Å². The van der Waals surface area contributed by atoms with E-state index in [-0.39, 0.29) is 36.3 Å². The van der Waals surface area contributed by atoms with E-state index in [2.05, 4.69) is 0 Å². The summed E-state index contributed by atoms with van der Waals surface area (Å²) < 4.78 is 65.0. The molecule has 1 aliphatic rings. The van der Waals surface area contributed by atoms with Crippen LogP contribution in [0.5, 0.6) is 11.5 Å². The molecular formula is C35H51NO9P2Si3. The normalized spacial score (nSPS) is 17.4. The first kappa shape index (κ1) is 40.2. The molecule has 0 bridgehead atoms. The Morgan fingerprint density at radius 3 is 1.34 bits per heavy atom. The number of rotatable bonds is 18. The minimum absolute atomic E-state index is 0.0669. The molecule has 2 amide bonds. The van der Waals surface area contributed by atoms with Crippen molar-refractivity contribution in [1.29, 1.82) is 0 Å². The Labute approximate surface area is 300 Å². The number of carbonyl (C=O) groups is 2. The first-order chi connectivity index (χ1) is 23.2. The van der Waals surface area contributed by atoms with Crippen LogP contribution in [0.15, 0.2) is 84.9 Å². The minimum Gasteiger partial charge on any atom is -0.423 e. The lowest BCUT2D eigenvalue weighted by molar-refractivity contribution is 0.0650. The summed E-state index contributed by atoms with van der Waals surface area (Å²) in [6, 6.07) is 24.1. The maximum atomic E-state index is 16.0. The van der Waals surface area contributed by atoms with Crippen LogP contribution < -0.4 is 9.05 Å². The molecule has 1 heterocycles. The second-order valence-corrected chi connectivity index (χ2v) is 33.8. The first-order valence-electron chi connectivity index (χ1n) is 16.9. The van der Waals surface area contributed by atoms with Gasteiger partial charge in [-0.1, -0.05) is 55.0 Å². The van der Waals surface area contributed by atoms with Gasteiger partial charge in [-0.05, 0) is 108 Å². The topological polar surface area (TPSA) is 118 Å². The van der Waals surface area contributed by atoms with E-state index in [1.54, 1.807) is 72.8 Å². The van der Waals surface area contributed by atoms with E-state index in [9.17, 15) is 9.59 Å². The molecule has 0 saturated carbocycles. The standard InChI is InChI=1S/C35H51NO9P2Si3/c1-48(2,3)43-35(46(39,44-49(4,5)6)41-29-21-13-10-14-22-29,47(40,45-50(7,8)9)42-30-23-15-11-16-24-30)27-19-12-20-28-36-33(37)31-25-17-18-26-32(31)34(36)38/h10-11,13-18,21-26H,12,19-20,27-28H2,1-9H3. The first-order valence-corrected chi connectivity index (χ1v) is 30.3. The van der Waals surface area contributed by atoms with E-state index >= 15 is 9.13 Å². The number of fused-ring (bicyclic) bond motifs is 1. The summed E-state index contributed by atoms with van der Waals surface area (Å²) in [6.45, 7) is 17.3. The number of benzene rings is 3. The molecule has 0 radical (unpaired) electrons. The average molecular weight is 776 g/mol. The number of nitrogens with zero attached hydrogens (tertiary/aromatic N) is 1. The Bertz CT molecular complexity index is 1630. The highest BCUT2D eigenvalue weighted by molar-refractivity contribution is 7.75. The minimum atomic E-state index is -4.61. The van der Waals surface area contributed by atoms with Gasteiger partial charge in [-0.15, -0.1) is 0 Å². The molecule has 10 nitrogen and oxygen atoms in total. The monoisotopic (exact) mass is 775 g/mol. The molecule has 0 N–H and O–H groups in total. The number of unbranched alkanes of at least 4 members (excludes halogenated alkanes) is 2. The highest BCUT2D eigenvalue weighted by Gasteiger charge is 2.71. The quantitative estimate of drug-likeness (QED) is 0.0538. The Balaban J connectivity index is 1.81. The number of carbonyl (C=O) groups excluding carboxylic acids is 2. The second kappa shape index (κ2) is 15.6. The lowest BCUT2D eigenvalue weighted by atomic mass is 10.1. The third kappa shape index (κ3) is 9.83. The van der Waals surface area contributed by atoms with Crippen molar-refractivity contribution in [2.75, 3.05) is 6.54 Å². The van der Waals surface area contributed by atoms with E-state index in [1.807, 2.05) is 71.1 Å². The van der Waals surface area contributed by atoms with Gasteiger partial charge in [0.1, 0.15) is 11.5 Å². The van der Waals surface area contributed by atoms with Gasteiger partial charge in [-0.2, -0.15) is 0 Å². The Hall–Kier alpha value is -2.61. The summed E-state index contributed by atoms with van der Waals surface area (Å²) in [5.74, 6) is -0.115. The van der Waals surface area contributed by atoms with Gasteiger partial charge in [0.15, 0.2) is 25.0 Å². The van der Waals surface area contributed by atoms with Gasteiger partial charge in [0.25, 0.3) is 16.9 Å². The lowest BCUT2D eigenvalue weighted by Crippen LogP contribution is -2.48. The number of hydrogen-bond donors (Lipinski definition) is 0. The zero-order valence-corrected chi connectivity index (χ0v) is 35.4. The van der Waals surface area contributed by atoms with Crippen LogP contribution in [0.2, 0.25) is 58.9 Å². The SMILES string of the molecule is C[Si](C)(C)OC(CCCCCN1C(=O)c2ccccc2C1=O)(P(=O)(Oc1ccccc1)O[Si](C)(C)C)P(=O)(Oc1ccccc1)O[Si](C)(C)C. The Morgan fingerprint density at radius 1 is 0.560 bits per heavy atom. The van der Waals surface area contributed by atoms with Gasteiger partial charge < -0.3 is 21.9 Å². The predicted molar refractivity (Wildman–Crippen MR) is 206 cm³/mol. The molecule has 2 atom stereocenters. The molecule has 2 unspecified atom stereocenters. The van der Waals surface area contributed by atoms with Crippen LogP contribution in [0.3, 0.4) is 0 Å². The molecule has 0 saturated heterocycles. The number of imide groups is 1. The number of para-hydroxylation sites is 2. The third-order valence-electron chi connectivity index (χ3n) is 7.31. The molecule has 3 aromatic rings. The van der Waals surface area contributed by atoms with Gasteiger partial charge in [0.2, 0.25) is 0 Å². The number of hydrogen-bond acceptors (Lipinski definition) is 9. The molecule has 15 heteroatoms. The number of amides is 2. The van der Waals surface area contributed by atoms with Crippen molar-refractivity contribution in [3.05, 3.63) is 96.1 Å². The summed E-state index contributed by atoms with van der Waals surface area (Å²) in [5, 5.41) is -2.17. The van der Waals surface area contributed by atoms with Crippen LogP contribution in [-0.2, 0) is 22.0 Å². The van der Waals surface area contributed by atoms with E-state index in [0.29, 0.717) is 30.4 Å². The summed E-state index contributed by atoms with van der Waals surface area (Å²) in [6.07, 6.45) is 1.18. The Morgan fingerprint density at radius 2 is 0.960 bits per heavy atom. The molecule has 1 aliphatic heterocycles. The van der Waals surface area contributed by atoms with Crippen LogP contribution in [0, 0.1) is 0 Å². The Kier molecular flexibility index (Phi) is 12.5. The highest BCUT2D eigenvalue weighted by Crippen LogP contribution is 2.80. The fourth-order valence-electron chi connectivity index (χ4n) is 5.61. The van der Waals surface area contributed by atoms with Crippen LogP contribution in [-0.4, -0.2) is 53.3 Å². The van der Waals surface area contributed by atoms with Crippen molar-refractivity contribution < 1.29 is 40.6 Å². The predicted octanol–water partition coefficient (Wildman–Crippen LogP) is 10.6. The van der Waals surface area contributed by atoms with Crippen molar-refractivity contribution in [1.82, 2.24) is 4.90 Å². The molecule has 0 fully saturated rings. The molecule has 50 heavy (non-hydrogen) atoms. The molecule has 3 aromatic carbocycles. The van der Waals surface area contributed by atoms with Crippen molar-refractivity contribution >= 4 is 52.0 Å². The molecule has 0 spiro atoms. The molecule has 0 aromatic heterocycles. The zero-order valence-electron chi connectivity index (χ0n) is 30.6. The van der Waals surface area contributed by atoms with Crippen molar-refractivity contribution in [2.24, 2.45) is 0 Å². The fraction of sp³-hybridized carbons (Fsp3) is 0.429. The zero-order chi connectivity index (χ0) is 37.0. The average Bonchev–Trinajstić information content (AvgIpc) is 3.23. The smallest absolute Gasteiger partial charge is 0.414 e. The summed E-state index contributed by atoms with van der Waals surface area (Å²) >= 11 is 0. The second-order valence-electron chi connectivity index (χ2n) is 15.3. The van der Waals surface area contributed by atoms with E-state index in [4.69, 9.17) is 21.9 Å². The van der Waals surface area contributed by atoms with Gasteiger partial charge in [-0.25, -0.2) is 9.13 Å². The summed E-state index contributed by atoms with van der Waals surface area (Å²) in [4.78, 5) is 27.3. The third-order valence-corrected chi connectivity index (χ3v) is 19.6. The summed E-state index contributed by atoms with van der Waals surface area (Å²) in [7, 11) is -17.5. The van der Waals surface area contributed by atoms with Crippen LogP contribution >= 0.6 is 15.2 Å². The largest absolute Gasteiger partial charge is 0.423 e. The molecule has 4 rings (SSSR count). The molecule has 272 valence electrons. The van der Waals surface area contributed by atoms with Crippen LogP contribution in [0.25, 0.3) is 0 Å². The summed E-state index contributed by atoms with van der Waals surface area (Å²) in [5.41, 5.74) is 0.787. The molecule has 0 aliphatic carbocycles.